The van der Waals surface area contributed by atoms with Crippen LogP contribution in [-0.2, 0) is 9.59 Å². The summed E-state index contributed by atoms with van der Waals surface area (Å²) in [6.45, 7) is 3.76. The maximum atomic E-state index is 14.4. The highest BCUT2D eigenvalue weighted by Gasteiger charge is 2.34. The zero-order valence-electron chi connectivity index (χ0n) is 17.1. The summed E-state index contributed by atoms with van der Waals surface area (Å²) in [4.78, 5) is 42.6. The molecule has 2 aliphatic rings. The lowest BCUT2D eigenvalue weighted by atomic mass is 10.0. The molecule has 0 radical (unpaired) electrons. The summed E-state index contributed by atoms with van der Waals surface area (Å²) in [5.41, 5.74) is 0.197. The number of nitrogens with zero attached hydrogens (tertiary/aromatic N) is 4. The van der Waals surface area contributed by atoms with Crippen LogP contribution in [0.25, 0.3) is 11.3 Å². The minimum atomic E-state index is -0.606. The second-order valence-corrected chi connectivity index (χ2v) is 8.05. The van der Waals surface area contributed by atoms with Crippen molar-refractivity contribution in [3.63, 3.8) is 0 Å². The molecule has 0 aliphatic carbocycles. The molecular formula is C21H22ClFN4O4. The van der Waals surface area contributed by atoms with Gasteiger partial charge in [-0.15, -0.1) is 0 Å². The van der Waals surface area contributed by atoms with Gasteiger partial charge in [0.05, 0.1) is 10.6 Å². The number of aryl methyl sites for hydroxylation is 1. The summed E-state index contributed by atoms with van der Waals surface area (Å²) >= 11 is 6.15. The minimum Gasteiger partial charge on any atom is -0.360 e. The Balaban J connectivity index is 1.48. The lowest BCUT2D eigenvalue weighted by Gasteiger charge is -2.35. The molecule has 164 valence electrons. The average molecular weight is 449 g/mol. The predicted octanol–water partition coefficient (Wildman–Crippen LogP) is 2.35. The van der Waals surface area contributed by atoms with Gasteiger partial charge in [0.2, 0.25) is 0 Å². The number of amides is 3. The summed E-state index contributed by atoms with van der Waals surface area (Å²) in [5.74, 6) is -1.75. The summed E-state index contributed by atoms with van der Waals surface area (Å²) in [6, 6.07) is 4.22. The van der Waals surface area contributed by atoms with Crippen LogP contribution in [0.1, 0.15) is 29.0 Å². The first-order chi connectivity index (χ1) is 14.9. The molecule has 1 aromatic carbocycles. The summed E-state index contributed by atoms with van der Waals surface area (Å²) < 4.78 is 19.6. The van der Waals surface area contributed by atoms with Gasteiger partial charge in [0, 0.05) is 39.3 Å². The van der Waals surface area contributed by atoms with E-state index in [0.717, 1.165) is 12.8 Å². The van der Waals surface area contributed by atoms with Gasteiger partial charge in [0.15, 0.2) is 0 Å². The number of benzene rings is 1. The summed E-state index contributed by atoms with van der Waals surface area (Å²) in [7, 11) is 0. The lowest BCUT2D eigenvalue weighted by molar-refractivity contribution is -0.152. The molecule has 31 heavy (non-hydrogen) atoms. The van der Waals surface area contributed by atoms with Crippen LogP contribution < -0.4 is 0 Å². The quantitative estimate of drug-likeness (QED) is 0.658. The SMILES string of the molecule is Cc1onc(-c2c(F)cccc2Cl)c1C(=O)N1CCN(C(=O)C(=O)N2CCCC2)CC1. The van der Waals surface area contributed by atoms with E-state index < -0.39 is 17.6 Å². The van der Waals surface area contributed by atoms with Gasteiger partial charge >= 0.3 is 11.8 Å². The largest absolute Gasteiger partial charge is 0.360 e. The van der Waals surface area contributed by atoms with Crippen molar-refractivity contribution in [2.75, 3.05) is 39.3 Å². The molecule has 0 spiro atoms. The Morgan fingerprint density at radius 1 is 0.968 bits per heavy atom. The first kappa shape index (κ1) is 21.3. The van der Waals surface area contributed by atoms with Gasteiger partial charge in [-0.25, -0.2) is 4.39 Å². The van der Waals surface area contributed by atoms with E-state index in [1.807, 2.05) is 0 Å². The average Bonchev–Trinajstić information content (AvgIpc) is 3.43. The number of aromatic nitrogens is 1. The van der Waals surface area contributed by atoms with Gasteiger partial charge in [0.1, 0.15) is 22.8 Å². The van der Waals surface area contributed by atoms with E-state index in [0.29, 0.717) is 13.1 Å². The third-order valence-electron chi connectivity index (χ3n) is 5.71. The number of carbonyl (C=O) groups is 3. The van der Waals surface area contributed by atoms with Crippen LogP contribution >= 0.6 is 11.6 Å². The maximum absolute atomic E-state index is 14.4. The van der Waals surface area contributed by atoms with Crippen LogP contribution in [0.3, 0.4) is 0 Å². The Bertz CT molecular complexity index is 1010. The number of likely N-dealkylation sites (tertiary alicyclic amines) is 1. The van der Waals surface area contributed by atoms with Crippen molar-refractivity contribution in [1.82, 2.24) is 19.9 Å². The predicted molar refractivity (Wildman–Crippen MR) is 110 cm³/mol. The fourth-order valence-electron chi connectivity index (χ4n) is 3.98. The van der Waals surface area contributed by atoms with Crippen LogP contribution in [0, 0.1) is 12.7 Å². The summed E-state index contributed by atoms with van der Waals surface area (Å²) in [6.07, 6.45) is 1.82. The standard InChI is InChI=1S/C21H22ClFN4O4/c1-13-16(18(24-31-13)17-14(22)5-4-6-15(17)23)19(28)26-9-11-27(12-10-26)21(30)20(29)25-7-2-3-8-25/h4-6H,2-3,7-12H2,1H3. The number of piperazine rings is 1. The van der Waals surface area contributed by atoms with Crippen molar-refractivity contribution in [2.24, 2.45) is 0 Å². The number of carbonyl (C=O) groups excluding carboxylic acids is 3. The van der Waals surface area contributed by atoms with Crippen molar-refractivity contribution >= 4 is 29.3 Å². The van der Waals surface area contributed by atoms with E-state index in [1.165, 1.54) is 23.1 Å². The maximum Gasteiger partial charge on any atom is 0.312 e. The smallest absolute Gasteiger partial charge is 0.312 e. The Labute approximate surface area is 183 Å². The van der Waals surface area contributed by atoms with Gasteiger partial charge in [-0.05, 0) is 31.9 Å². The lowest BCUT2D eigenvalue weighted by Crippen LogP contribution is -2.54. The molecule has 2 aliphatic heterocycles. The zero-order valence-corrected chi connectivity index (χ0v) is 17.8. The second-order valence-electron chi connectivity index (χ2n) is 7.64. The highest BCUT2D eigenvalue weighted by Crippen LogP contribution is 2.34. The van der Waals surface area contributed by atoms with Crippen molar-refractivity contribution < 1.29 is 23.3 Å². The molecule has 2 fully saturated rings. The molecule has 3 heterocycles. The van der Waals surface area contributed by atoms with Gasteiger partial charge in [-0.3, -0.25) is 14.4 Å². The highest BCUT2D eigenvalue weighted by molar-refractivity contribution is 6.35. The van der Waals surface area contributed by atoms with Gasteiger partial charge in [-0.2, -0.15) is 0 Å². The fraction of sp³-hybridized carbons (Fsp3) is 0.429. The summed E-state index contributed by atoms with van der Waals surface area (Å²) in [5, 5.41) is 4.00. The first-order valence-corrected chi connectivity index (χ1v) is 10.5. The number of hydrogen-bond donors (Lipinski definition) is 0. The first-order valence-electron chi connectivity index (χ1n) is 10.2. The minimum absolute atomic E-state index is 0.00869. The van der Waals surface area contributed by atoms with E-state index in [2.05, 4.69) is 5.16 Å². The Hall–Kier alpha value is -2.94. The molecule has 0 bridgehead atoms. The molecule has 2 aromatic rings. The molecular weight excluding hydrogens is 427 g/mol. The van der Waals surface area contributed by atoms with Crippen LogP contribution in [0.5, 0.6) is 0 Å². The van der Waals surface area contributed by atoms with Crippen molar-refractivity contribution in [3.8, 4) is 11.3 Å². The van der Waals surface area contributed by atoms with Crippen LogP contribution in [-0.4, -0.2) is 76.8 Å². The molecule has 2 saturated heterocycles. The van der Waals surface area contributed by atoms with Gasteiger partial charge < -0.3 is 19.2 Å². The number of halogens is 2. The van der Waals surface area contributed by atoms with Crippen molar-refractivity contribution in [1.29, 1.82) is 0 Å². The van der Waals surface area contributed by atoms with Crippen LogP contribution in [0.4, 0.5) is 4.39 Å². The fourth-order valence-corrected chi connectivity index (χ4v) is 4.23. The number of rotatable bonds is 2. The van der Waals surface area contributed by atoms with E-state index in [4.69, 9.17) is 16.1 Å². The normalized spacial score (nSPS) is 16.7. The molecule has 0 saturated carbocycles. The molecule has 0 N–H and O–H groups in total. The molecule has 3 amide bonds. The zero-order chi connectivity index (χ0) is 22.1. The third-order valence-corrected chi connectivity index (χ3v) is 6.02. The molecule has 0 unspecified atom stereocenters. The third kappa shape index (κ3) is 4.01. The second kappa shape index (κ2) is 8.66. The van der Waals surface area contributed by atoms with Crippen LogP contribution in [0.15, 0.2) is 22.7 Å². The monoisotopic (exact) mass is 448 g/mol. The van der Waals surface area contributed by atoms with E-state index >= 15 is 0 Å². The highest BCUT2D eigenvalue weighted by atomic mass is 35.5. The van der Waals surface area contributed by atoms with Gasteiger partial charge in [-0.1, -0.05) is 22.8 Å². The van der Waals surface area contributed by atoms with Gasteiger partial charge in [0.25, 0.3) is 5.91 Å². The topological polar surface area (TPSA) is 87.0 Å². The van der Waals surface area contributed by atoms with E-state index in [-0.39, 0.29) is 59.7 Å². The van der Waals surface area contributed by atoms with Crippen molar-refractivity contribution in [2.45, 2.75) is 19.8 Å². The van der Waals surface area contributed by atoms with E-state index in [1.54, 1.807) is 16.7 Å². The van der Waals surface area contributed by atoms with Crippen LogP contribution in [0.2, 0.25) is 5.02 Å². The molecule has 1 aromatic heterocycles. The molecule has 0 atom stereocenters. The molecule has 8 nitrogen and oxygen atoms in total. The van der Waals surface area contributed by atoms with Crippen molar-refractivity contribution in [3.05, 3.63) is 40.4 Å². The number of hydrogen-bond acceptors (Lipinski definition) is 5. The Morgan fingerprint density at radius 3 is 2.16 bits per heavy atom. The Kier molecular flexibility index (Phi) is 5.95. The Morgan fingerprint density at radius 2 is 1.55 bits per heavy atom. The molecule has 4 rings (SSSR count). The molecule has 10 heteroatoms. The van der Waals surface area contributed by atoms with E-state index in [9.17, 15) is 18.8 Å².